The first-order valence-electron chi connectivity index (χ1n) is 7.85. The van der Waals surface area contributed by atoms with Crippen molar-refractivity contribution in [1.82, 2.24) is 20.0 Å². The molecule has 1 aromatic heterocycles. The average molecular weight is 369 g/mol. The van der Waals surface area contributed by atoms with E-state index in [4.69, 9.17) is 11.6 Å². The van der Waals surface area contributed by atoms with E-state index in [1.165, 1.54) is 0 Å². The Morgan fingerprint density at radius 3 is 2.83 bits per heavy atom. The average Bonchev–Trinajstić information content (AvgIpc) is 2.96. The minimum Gasteiger partial charge on any atom is -0.337 e. The van der Waals surface area contributed by atoms with Crippen LogP contribution in [0.1, 0.15) is 23.2 Å². The molecule has 1 fully saturated rings. The van der Waals surface area contributed by atoms with E-state index >= 15 is 0 Å². The highest BCUT2D eigenvalue weighted by Gasteiger charge is 2.27. The Kier molecular flexibility index (Phi) is 6.27. The third-order valence-corrected chi connectivity index (χ3v) is 4.63. The second-order valence-corrected chi connectivity index (χ2v) is 6.33. The highest BCUT2D eigenvalue weighted by atomic mass is 35.5. The van der Waals surface area contributed by atoms with Crippen LogP contribution in [0.2, 0.25) is 5.02 Å². The maximum absolute atomic E-state index is 13.0. The fourth-order valence-corrected chi connectivity index (χ4v) is 3.29. The molecule has 0 aliphatic carbocycles. The molecule has 1 atom stereocenters. The number of nitrogens with one attached hydrogen (secondary N) is 1. The molecule has 1 aliphatic heterocycles. The molecule has 24 heavy (non-hydrogen) atoms. The Balaban J connectivity index is 0.00000208. The zero-order chi connectivity index (χ0) is 16.4. The zero-order valence-corrected chi connectivity index (χ0v) is 15.4. The predicted octanol–water partition coefficient (Wildman–Crippen LogP) is 2.99. The molecule has 2 heterocycles. The van der Waals surface area contributed by atoms with Gasteiger partial charge < -0.3 is 10.2 Å². The number of carbonyl (C=O) groups excluding carboxylic acids is 1. The van der Waals surface area contributed by atoms with Gasteiger partial charge >= 0.3 is 0 Å². The van der Waals surface area contributed by atoms with Gasteiger partial charge in [-0.05, 0) is 26.0 Å². The number of aromatic nitrogens is 2. The van der Waals surface area contributed by atoms with Crippen molar-refractivity contribution < 1.29 is 4.79 Å². The largest absolute Gasteiger partial charge is 0.337 e. The number of hydrogen-bond donors (Lipinski definition) is 1. The summed E-state index contributed by atoms with van der Waals surface area (Å²) in [7, 11) is 3.77. The number of nitrogens with zero attached hydrogens (tertiary/aromatic N) is 3. The summed E-state index contributed by atoms with van der Waals surface area (Å²) in [6, 6.07) is 7.85. The van der Waals surface area contributed by atoms with Crippen LogP contribution >= 0.6 is 24.0 Å². The van der Waals surface area contributed by atoms with Crippen molar-refractivity contribution in [3.8, 4) is 11.3 Å². The maximum atomic E-state index is 13.0. The van der Waals surface area contributed by atoms with E-state index in [0.717, 1.165) is 31.5 Å². The highest BCUT2D eigenvalue weighted by molar-refractivity contribution is 6.33. The Hall–Kier alpha value is -1.56. The third-order valence-electron chi connectivity index (χ3n) is 4.31. The highest BCUT2D eigenvalue weighted by Crippen LogP contribution is 2.30. The first-order valence-corrected chi connectivity index (χ1v) is 8.23. The molecule has 5 nitrogen and oxygen atoms in total. The zero-order valence-electron chi connectivity index (χ0n) is 13.8. The van der Waals surface area contributed by atoms with Gasteiger partial charge in [0.1, 0.15) is 5.69 Å². The first-order chi connectivity index (χ1) is 11.1. The van der Waals surface area contributed by atoms with Crippen molar-refractivity contribution in [3.63, 3.8) is 0 Å². The van der Waals surface area contributed by atoms with Gasteiger partial charge in [0.2, 0.25) is 0 Å². The Bertz CT molecular complexity index is 716. The topological polar surface area (TPSA) is 50.2 Å². The third kappa shape index (κ3) is 3.74. The van der Waals surface area contributed by atoms with Crippen LogP contribution in [0.4, 0.5) is 0 Å². The summed E-state index contributed by atoms with van der Waals surface area (Å²) in [6.07, 6.45) is 3.90. The molecule has 0 bridgehead atoms. The van der Waals surface area contributed by atoms with Gasteiger partial charge in [-0.2, -0.15) is 5.10 Å². The van der Waals surface area contributed by atoms with E-state index in [1.54, 1.807) is 10.9 Å². The SMILES string of the molecule is CNC1CCCN(C(=O)c2cn(C)nc2-c2ccccc2Cl)C1.Cl. The summed E-state index contributed by atoms with van der Waals surface area (Å²) >= 11 is 6.29. The van der Waals surface area contributed by atoms with Gasteiger partial charge in [0.15, 0.2) is 0 Å². The van der Waals surface area contributed by atoms with Crippen molar-refractivity contribution in [2.75, 3.05) is 20.1 Å². The molecule has 1 amide bonds. The lowest BCUT2D eigenvalue weighted by Gasteiger charge is -2.32. The molecule has 0 saturated carbocycles. The van der Waals surface area contributed by atoms with Gasteiger partial charge in [-0.25, -0.2) is 0 Å². The molecule has 1 aliphatic rings. The Morgan fingerprint density at radius 1 is 1.38 bits per heavy atom. The van der Waals surface area contributed by atoms with E-state index in [9.17, 15) is 4.79 Å². The van der Waals surface area contributed by atoms with Crippen molar-refractivity contribution in [3.05, 3.63) is 41.0 Å². The molecule has 2 aromatic rings. The van der Waals surface area contributed by atoms with Crippen molar-refractivity contribution in [2.24, 2.45) is 7.05 Å². The van der Waals surface area contributed by atoms with Crippen LogP contribution < -0.4 is 5.32 Å². The molecule has 1 saturated heterocycles. The van der Waals surface area contributed by atoms with E-state index in [1.807, 2.05) is 43.3 Å². The molecule has 130 valence electrons. The number of piperidine rings is 1. The lowest BCUT2D eigenvalue weighted by Crippen LogP contribution is -2.47. The van der Waals surface area contributed by atoms with Crippen LogP contribution in [0.5, 0.6) is 0 Å². The fraction of sp³-hybridized carbons (Fsp3) is 0.412. The van der Waals surface area contributed by atoms with Gasteiger partial charge in [-0.1, -0.05) is 29.8 Å². The predicted molar refractivity (Wildman–Crippen MR) is 98.9 cm³/mol. The van der Waals surface area contributed by atoms with Crippen LogP contribution in [-0.4, -0.2) is 46.8 Å². The van der Waals surface area contributed by atoms with Gasteiger partial charge in [0.25, 0.3) is 5.91 Å². The summed E-state index contributed by atoms with van der Waals surface area (Å²) < 4.78 is 1.67. The van der Waals surface area contributed by atoms with E-state index < -0.39 is 0 Å². The van der Waals surface area contributed by atoms with Crippen molar-refractivity contribution in [2.45, 2.75) is 18.9 Å². The molecular weight excluding hydrogens is 347 g/mol. The van der Waals surface area contributed by atoms with E-state index in [0.29, 0.717) is 22.3 Å². The summed E-state index contributed by atoms with van der Waals surface area (Å²) in [5.74, 6) is 0.0213. The summed E-state index contributed by atoms with van der Waals surface area (Å²) in [6.45, 7) is 1.51. The second-order valence-electron chi connectivity index (χ2n) is 5.92. The minimum absolute atomic E-state index is 0. The molecule has 3 rings (SSSR count). The molecule has 1 unspecified atom stereocenters. The molecule has 1 aromatic carbocycles. The molecule has 0 spiro atoms. The molecule has 7 heteroatoms. The summed E-state index contributed by atoms with van der Waals surface area (Å²) in [4.78, 5) is 14.9. The smallest absolute Gasteiger partial charge is 0.257 e. The lowest BCUT2D eigenvalue weighted by molar-refractivity contribution is 0.0699. The minimum atomic E-state index is 0. The van der Waals surface area contributed by atoms with Crippen LogP contribution in [0, 0.1) is 0 Å². The maximum Gasteiger partial charge on any atom is 0.257 e. The number of carbonyl (C=O) groups is 1. The molecule has 0 radical (unpaired) electrons. The monoisotopic (exact) mass is 368 g/mol. The van der Waals surface area contributed by atoms with Gasteiger partial charge in [-0.3, -0.25) is 9.48 Å². The normalized spacial score (nSPS) is 17.5. The van der Waals surface area contributed by atoms with Gasteiger partial charge in [0, 0.05) is 37.9 Å². The fourth-order valence-electron chi connectivity index (χ4n) is 3.06. The molecular formula is C17H22Cl2N4O. The standard InChI is InChI=1S/C17H21ClN4O.ClH/c1-19-12-6-5-9-22(10-12)17(23)14-11-21(2)20-16(14)13-7-3-4-8-15(13)18;/h3-4,7-8,11-12,19H,5-6,9-10H2,1-2H3;1H. The van der Waals surface area contributed by atoms with Gasteiger partial charge in [-0.15, -0.1) is 12.4 Å². The number of hydrogen-bond acceptors (Lipinski definition) is 3. The number of benzene rings is 1. The second kappa shape index (κ2) is 8.01. The Morgan fingerprint density at radius 2 is 2.12 bits per heavy atom. The number of aryl methyl sites for hydroxylation is 1. The first kappa shape index (κ1) is 18.8. The number of halogens is 2. The Labute approximate surface area is 153 Å². The van der Waals surface area contributed by atoms with Crippen LogP contribution in [0.3, 0.4) is 0 Å². The number of likely N-dealkylation sites (tertiary alicyclic amines) is 1. The molecule has 1 N–H and O–H groups in total. The van der Waals surface area contributed by atoms with Gasteiger partial charge in [0.05, 0.1) is 10.6 Å². The lowest BCUT2D eigenvalue weighted by atomic mass is 10.0. The van der Waals surface area contributed by atoms with Crippen LogP contribution in [0.25, 0.3) is 11.3 Å². The van der Waals surface area contributed by atoms with Crippen LogP contribution in [0.15, 0.2) is 30.5 Å². The number of amides is 1. The number of likely N-dealkylation sites (N-methyl/N-ethyl adjacent to an activating group) is 1. The van der Waals surface area contributed by atoms with E-state index in [-0.39, 0.29) is 18.3 Å². The number of rotatable bonds is 3. The quantitative estimate of drug-likeness (QED) is 0.905. The summed E-state index contributed by atoms with van der Waals surface area (Å²) in [5, 5.41) is 8.33. The summed E-state index contributed by atoms with van der Waals surface area (Å²) in [5.41, 5.74) is 2.05. The van der Waals surface area contributed by atoms with E-state index in [2.05, 4.69) is 10.4 Å². The van der Waals surface area contributed by atoms with Crippen LogP contribution in [-0.2, 0) is 7.05 Å². The van der Waals surface area contributed by atoms with Crippen molar-refractivity contribution >= 4 is 29.9 Å². The van der Waals surface area contributed by atoms with Crippen molar-refractivity contribution in [1.29, 1.82) is 0 Å².